The van der Waals surface area contributed by atoms with Crippen molar-refractivity contribution in [2.75, 3.05) is 19.7 Å². The number of halogens is 1. The highest BCUT2D eigenvalue weighted by Crippen LogP contribution is 2.19. The van der Waals surface area contributed by atoms with E-state index in [9.17, 15) is 4.79 Å². The molecule has 1 aromatic heterocycles. The Morgan fingerprint density at radius 1 is 1.48 bits per heavy atom. The summed E-state index contributed by atoms with van der Waals surface area (Å²) in [5.41, 5.74) is 0. The zero-order valence-electron chi connectivity index (χ0n) is 12.6. The molecule has 0 saturated carbocycles. The maximum atomic E-state index is 12.1. The molecule has 116 valence electrons. The van der Waals surface area contributed by atoms with Crippen LogP contribution in [-0.4, -0.2) is 40.5 Å². The normalized spacial score (nSPS) is 18.9. The van der Waals surface area contributed by atoms with Gasteiger partial charge in [-0.05, 0) is 34.7 Å². The number of amides is 1. The highest BCUT2D eigenvalue weighted by Gasteiger charge is 2.24. The number of likely N-dealkylation sites (tertiary alicyclic amines) is 1. The predicted octanol–water partition coefficient (Wildman–Crippen LogP) is 2.90. The van der Waals surface area contributed by atoms with Gasteiger partial charge in [-0.25, -0.2) is 9.97 Å². The molecule has 0 aliphatic carbocycles. The van der Waals surface area contributed by atoms with Crippen LogP contribution in [0, 0.1) is 11.8 Å². The van der Waals surface area contributed by atoms with Crippen molar-refractivity contribution in [1.29, 1.82) is 0 Å². The van der Waals surface area contributed by atoms with Gasteiger partial charge >= 0.3 is 6.01 Å². The van der Waals surface area contributed by atoms with E-state index in [2.05, 4.69) is 39.7 Å². The molecule has 0 N–H and O–H groups in total. The number of carbonyl (C=O) groups excluding carboxylic acids is 1. The number of aromatic nitrogens is 2. The molecule has 1 unspecified atom stereocenters. The monoisotopic (exact) mass is 355 g/mol. The summed E-state index contributed by atoms with van der Waals surface area (Å²) < 4.78 is 6.46. The van der Waals surface area contributed by atoms with Crippen LogP contribution in [0.2, 0.25) is 0 Å². The van der Waals surface area contributed by atoms with E-state index < -0.39 is 0 Å². The van der Waals surface area contributed by atoms with Crippen molar-refractivity contribution in [2.45, 2.75) is 33.1 Å². The third-order valence-corrected chi connectivity index (χ3v) is 3.91. The van der Waals surface area contributed by atoms with Crippen LogP contribution < -0.4 is 4.74 Å². The first-order valence-corrected chi connectivity index (χ1v) is 8.22. The largest absolute Gasteiger partial charge is 0.463 e. The Hall–Kier alpha value is -1.17. The molecule has 1 saturated heterocycles. The number of piperidine rings is 1. The molecule has 0 spiro atoms. The Labute approximate surface area is 134 Å². The van der Waals surface area contributed by atoms with Gasteiger partial charge in [0.25, 0.3) is 0 Å². The van der Waals surface area contributed by atoms with E-state index in [1.54, 1.807) is 12.4 Å². The molecule has 1 atom stereocenters. The Morgan fingerprint density at radius 2 is 2.19 bits per heavy atom. The zero-order valence-corrected chi connectivity index (χ0v) is 14.2. The molecule has 0 bridgehead atoms. The summed E-state index contributed by atoms with van der Waals surface area (Å²) in [5.74, 6) is 1.03. The summed E-state index contributed by atoms with van der Waals surface area (Å²) in [5, 5.41) is 0. The third kappa shape index (κ3) is 5.26. The minimum absolute atomic E-state index is 0.259. The van der Waals surface area contributed by atoms with Crippen LogP contribution in [-0.2, 0) is 4.79 Å². The van der Waals surface area contributed by atoms with Crippen molar-refractivity contribution in [1.82, 2.24) is 14.9 Å². The third-order valence-electron chi connectivity index (χ3n) is 3.50. The molecule has 6 heteroatoms. The summed E-state index contributed by atoms with van der Waals surface area (Å²) in [6.45, 7) is 6.37. The van der Waals surface area contributed by atoms with E-state index >= 15 is 0 Å². The second kappa shape index (κ2) is 7.73. The van der Waals surface area contributed by atoms with Gasteiger partial charge in [-0.1, -0.05) is 13.8 Å². The Balaban J connectivity index is 1.81. The van der Waals surface area contributed by atoms with Crippen LogP contribution in [0.15, 0.2) is 16.9 Å². The van der Waals surface area contributed by atoms with E-state index in [1.165, 1.54) is 0 Å². The van der Waals surface area contributed by atoms with Gasteiger partial charge in [0.05, 0.1) is 11.1 Å². The number of hydrogen-bond donors (Lipinski definition) is 0. The van der Waals surface area contributed by atoms with Crippen LogP contribution in [0.3, 0.4) is 0 Å². The molecule has 2 rings (SSSR count). The maximum absolute atomic E-state index is 12.1. The van der Waals surface area contributed by atoms with Crippen molar-refractivity contribution in [3.05, 3.63) is 16.9 Å². The van der Waals surface area contributed by atoms with Gasteiger partial charge < -0.3 is 9.64 Å². The lowest BCUT2D eigenvalue weighted by molar-refractivity contribution is -0.134. The van der Waals surface area contributed by atoms with Crippen molar-refractivity contribution in [3.63, 3.8) is 0 Å². The molecule has 2 heterocycles. The van der Waals surface area contributed by atoms with E-state index in [-0.39, 0.29) is 5.91 Å². The van der Waals surface area contributed by atoms with Crippen molar-refractivity contribution >= 4 is 21.8 Å². The van der Waals surface area contributed by atoms with E-state index in [0.29, 0.717) is 30.9 Å². The van der Waals surface area contributed by atoms with Crippen LogP contribution in [0.25, 0.3) is 0 Å². The fourth-order valence-electron chi connectivity index (χ4n) is 2.47. The van der Waals surface area contributed by atoms with Gasteiger partial charge in [0.2, 0.25) is 5.91 Å². The van der Waals surface area contributed by atoms with E-state index in [4.69, 9.17) is 4.74 Å². The second-order valence-corrected chi connectivity index (χ2v) is 6.86. The topological polar surface area (TPSA) is 55.3 Å². The smallest absolute Gasteiger partial charge is 0.316 e. The second-order valence-electron chi connectivity index (χ2n) is 5.94. The first kappa shape index (κ1) is 16.2. The predicted molar refractivity (Wildman–Crippen MR) is 84.0 cm³/mol. The van der Waals surface area contributed by atoms with Gasteiger partial charge in [0.15, 0.2) is 0 Å². The SMILES string of the molecule is CC(C)CC(=O)N1CCCC(COc2ncc(Br)cn2)C1. The molecule has 5 nitrogen and oxygen atoms in total. The van der Waals surface area contributed by atoms with Crippen LogP contribution in [0.1, 0.15) is 33.1 Å². The number of carbonyl (C=O) groups is 1. The molecular weight excluding hydrogens is 334 g/mol. The first-order chi connectivity index (χ1) is 10.0. The van der Waals surface area contributed by atoms with Crippen molar-refractivity contribution in [3.8, 4) is 6.01 Å². The molecule has 0 aromatic carbocycles. The maximum Gasteiger partial charge on any atom is 0.316 e. The summed E-state index contributed by atoms with van der Waals surface area (Å²) in [4.78, 5) is 22.3. The zero-order chi connectivity index (χ0) is 15.2. The molecular formula is C15H22BrN3O2. The molecule has 1 aromatic rings. The highest BCUT2D eigenvalue weighted by molar-refractivity contribution is 9.10. The van der Waals surface area contributed by atoms with Crippen LogP contribution in [0.4, 0.5) is 0 Å². The van der Waals surface area contributed by atoms with Crippen molar-refractivity contribution in [2.24, 2.45) is 11.8 Å². The minimum Gasteiger partial charge on any atom is -0.463 e. The number of rotatable bonds is 5. The quantitative estimate of drug-likeness (QED) is 0.814. The lowest BCUT2D eigenvalue weighted by Crippen LogP contribution is -2.42. The summed E-state index contributed by atoms with van der Waals surface area (Å²) in [6, 6.07) is 0.392. The number of hydrogen-bond acceptors (Lipinski definition) is 4. The van der Waals surface area contributed by atoms with E-state index in [1.807, 2.05) is 4.90 Å². The fourth-order valence-corrected chi connectivity index (χ4v) is 2.68. The van der Waals surface area contributed by atoms with Gasteiger partial charge in [-0.15, -0.1) is 0 Å². The molecule has 21 heavy (non-hydrogen) atoms. The summed E-state index contributed by atoms with van der Waals surface area (Å²) >= 11 is 3.29. The molecule has 1 aliphatic heterocycles. The molecule has 1 aliphatic rings. The van der Waals surface area contributed by atoms with Gasteiger partial charge in [-0.2, -0.15) is 0 Å². The lowest BCUT2D eigenvalue weighted by Gasteiger charge is -2.33. The van der Waals surface area contributed by atoms with Crippen LogP contribution >= 0.6 is 15.9 Å². The summed E-state index contributed by atoms with van der Waals surface area (Å²) in [6.07, 6.45) is 6.09. The minimum atomic E-state index is 0.259. The van der Waals surface area contributed by atoms with Gasteiger partial charge in [0, 0.05) is 37.8 Å². The molecule has 1 fully saturated rings. The Morgan fingerprint density at radius 3 is 2.86 bits per heavy atom. The fraction of sp³-hybridized carbons (Fsp3) is 0.667. The van der Waals surface area contributed by atoms with Crippen LogP contribution in [0.5, 0.6) is 6.01 Å². The lowest BCUT2D eigenvalue weighted by atomic mass is 9.98. The average molecular weight is 356 g/mol. The number of nitrogens with zero attached hydrogens (tertiary/aromatic N) is 3. The summed E-state index contributed by atoms with van der Waals surface area (Å²) in [7, 11) is 0. The van der Waals surface area contributed by atoms with Gasteiger partial charge in [-0.3, -0.25) is 4.79 Å². The molecule has 1 amide bonds. The highest BCUT2D eigenvalue weighted by atomic mass is 79.9. The Kier molecular flexibility index (Phi) is 5.96. The number of ether oxygens (including phenoxy) is 1. The average Bonchev–Trinajstić information content (AvgIpc) is 2.46. The van der Waals surface area contributed by atoms with E-state index in [0.717, 1.165) is 30.4 Å². The first-order valence-electron chi connectivity index (χ1n) is 7.42. The standard InChI is InChI=1S/C15H22BrN3O2/c1-11(2)6-14(20)19-5-3-4-12(9-19)10-21-15-17-7-13(16)8-18-15/h7-8,11-12H,3-6,9-10H2,1-2H3. The van der Waals surface area contributed by atoms with Crippen molar-refractivity contribution < 1.29 is 9.53 Å². The van der Waals surface area contributed by atoms with Gasteiger partial charge in [0.1, 0.15) is 0 Å². The molecule has 0 radical (unpaired) electrons. The Bertz CT molecular complexity index is 464.